The molecule has 0 spiro atoms. The van der Waals surface area contributed by atoms with Gasteiger partial charge in [0, 0.05) is 18.5 Å². The van der Waals surface area contributed by atoms with Gasteiger partial charge in [-0.1, -0.05) is 36.8 Å². The van der Waals surface area contributed by atoms with Crippen molar-refractivity contribution in [2.24, 2.45) is 5.92 Å². The molecule has 1 aromatic rings. The zero-order valence-electron chi connectivity index (χ0n) is 9.43. The largest absolute Gasteiger partial charge is 0.335 e. The van der Waals surface area contributed by atoms with E-state index in [0.29, 0.717) is 17.9 Å². The highest BCUT2D eigenvalue weighted by molar-refractivity contribution is 5.81. The molecule has 1 saturated heterocycles. The van der Waals surface area contributed by atoms with Crippen LogP contribution < -0.4 is 0 Å². The molecule has 84 valence electrons. The van der Waals surface area contributed by atoms with Crippen molar-refractivity contribution in [1.82, 2.24) is 4.90 Å². The summed E-state index contributed by atoms with van der Waals surface area (Å²) in [6.07, 6.45) is 4.65. The summed E-state index contributed by atoms with van der Waals surface area (Å²) in [5, 5.41) is 0. The Labute approximate surface area is 96.3 Å². The minimum Gasteiger partial charge on any atom is -0.335 e. The molecule has 1 aliphatic carbocycles. The van der Waals surface area contributed by atoms with E-state index in [-0.39, 0.29) is 0 Å². The van der Waals surface area contributed by atoms with Crippen molar-refractivity contribution >= 4 is 5.91 Å². The summed E-state index contributed by atoms with van der Waals surface area (Å²) >= 11 is 0. The molecule has 2 nitrogen and oxygen atoms in total. The Morgan fingerprint density at radius 2 is 2.00 bits per heavy atom. The predicted octanol–water partition coefficient (Wildman–Crippen LogP) is 2.59. The minimum absolute atomic E-state index is 0.336. The van der Waals surface area contributed by atoms with Gasteiger partial charge in [-0.15, -0.1) is 0 Å². The van der Waals surface area contributed by atoms with Crippen LogP contribution in [0.15, 0.2) is 30.3 Å². The van der Waals surface area contributed by atoms with E-state index >= 15 is 0 Å². The molecule has 0 N–H and O–H groups in total. The number of hydrogen-bond donors (Lipinski definition) is 0. The van der Waals surface area contributed by atoms with Gasteiger partial charge in [0.25, 0.3) is 0 Å². The van der Waals surface area contributed by atoms with E-state index in [9.17, 15) is 4.79 Å². The molecular formula is C14H17NO. The first kappa shape index (κ1) is 9.88. The van der Waals surface area contributed by atoms with E-state index in [4.69, 9.17) is 0 Å². The van der Waals surface area contributed by atoms with E-state index in [1.165, 1.54) is 18.4 Å². The Balaban J connectivity index is 1.78. The SMILES string of the molecule is O=C1C2CCCC(C2)N1Cc1ccccc1. The van der Waals surface area contributed by atoms with E-state index in [2.05, 4.69) is 17.0 Å². The van der Waals surface area contributed by atoms with Crippen molar-refractivity contribution in [1.29, 1.82) is 0 Å². The third-order valence-corrected chi connectivity index (χ3v) is 3.92. The second-order valence-corrected chi connectivity index (χ2v) is 4.97. The number of benzene rings is 1. The highest BCUT2D eigenvalue weighted by Gasteiger charge is 2.41. The number of carbonyl (C=O) groups is 1. The Kier molecular flexibility index (Phi) is 2.43. The molecule has 1 aromatic carbocycles. The summed E-state index contributed by atoms with van der Waals surface area (Å²) in [7, 11) is 0. The molecule has 2 unspecified atom stereocenters. The Morgan fingerprint density at radius 1 is 1.19 bits per heavy atom. The lowest BCUT2D eigenvalue weighted by molar-refractivity contribution is -0.132. The summed E-state index contributed by atoms with van der Waals surface area (Å²) in [6, 6.07) is 10.8. The fourth-order valence-corrected chi connectivity index (χ4v) is 3.07. The van der Waals surface area contributed by atoms with Crippen LogP contribution in [0.1, 0.15) is 31.2 Å². The first-order chi connectivity index (χ1) is 7.84. The zero-order chi connectivity index (χ0) is 11.0. The van der Waals surface area contributed by atoms with Crippen molar-refractivity contribution in [2.75, 3.05) is 0 Å². The van der Waals surface area contributed by atoms with Crippen LogP contribution in [-0.2, 0) is 11.3 Å². The van der Waals surface area contributed by atoms with Crippen molar-refractivity contribution in [3.8, 4) is 0 Å². The second kappa shape index (κ2) is 3.93. The second-order valence-electron chi connectivity index (χ2n) is 4.97. The highest BCUT2D eigenvalue weighted by atomic mass is 16.2. The molecule has 1 aliphatic heterocycles. The molecule has 2 atom stereocenters. The molecule has 2 fully saturated rings. The van der Waals surface area contributed by atoms with E-state index in [0.717, 1.165) is 19.4 Å². The monoisotopic (exact) mass is 215 g/mol. The molecule has 0 radical (unpaired) electrons. The number of carbonyl (C=O) groups excluding carboxylic acids is 1. The van der Waals surface area contributed by atoms with Gasteiger partial charge >= 0.3 is 0 Å². The number of nitrogens with zero attached hydrogens (tertiary/aromatic N) is 1. The first-order valence-electron chi connectivity index (χ1n) is 6.19. The molecular weight excluding hydrogens is 198 g/mol. The lowest BCUT2D eigenvalue weighted by atomic mass is 9.90. The number of hydrogen-bond acceptors (Lipinski definition) is 1. The lowest BCUT2D eigenvalue weighted by Gasteiger charge is -2.24. The van der Waals surface area contributed by atoms with Gasteiger partial charge in [0.15, 0.2) is 0 Å². The summed E-state index contributed by atoms with van der Waals surface area (Å²) in [4.78, 5) is 14.2. The minimum atomic E-state index is 0.336. The van der Waals surface area contributed by atoms with Crippen LogP contribution in [0.3, 0.4) is 0 Å². The fourth-order valence-electron chi connectivity index (χ4n) is 3.07. The molecule has 2 heteroatoms. The van der Waals surface area contributed by atoms with Crippen LogP contribution in [0.2, 0.25) is 0 Å². The van der Waals surface area contributed by atoms with Crippen LogP contribution in [0.5, 0.6) is 0 Å². The number of rotatable bonds is 2. The van der Waals surface area contributed by atoms with E-state index < -0.39 is 0 Å². The molecule has 1 heterocycles. The maximum atomic E-state index is 12.1. The first-order valence-corrected chi connectivity index (χ1v) is 6.19. The van der Waals surface area contributed by atoms with Crippen molar-refractivity contribution < 1.29 is 4.79 Å². The van der Waals surface area contributed by atoms with Crippen LogP contribution >= 0.6 is 0 Å². The van der Waals surface area contributed by atoms with E-state index in [1.807, 2.05) is 18.2 Å². The summed E-state index contributed by atoms with van der Waals surface area (Å²) in [6.45, 7) is 0.806. The Hall–Kier alpha value is -1.31. The van der Waals surface area contributed by atoms with Gasteiger partial charge in [0.1, 0.15) is 0 Å². The van der Waals surface area contributed by atoms with Gasteiger partial charge in [-0.25, -0.2) is 0 Å². The maximum absolute atomic E-state index is 12.1. The number of fused-ring (bicyclic) bond motifs is 2. The van der Waals surface area contributed by atoms with Gasteiger partial charge in [0.05, 0.1) is 0 Å². The number of likely N-dealkylation sites (tertiary alicyclic amines) is 1. The third-order valence-electron chi connectivity index (χ3n) is 3.92. The highest BCUT2D eigenvalue weighted by Crippen LogP contribution is 2.37. The van der Waals surface area contributed by atoms with Gasteiger partial charge in [-0.2, -0.15) is 0 Å². The quantitative estimate of drug-likeness (QED) is 0.742. The van der Waals surface area contributed by atoms with Crippen molar-refractivity contribution in [3.05, 3.63) is 35.9 Å². The normalized spacial score (nSPS) is 28.5. The number of amides is 1. The van der Waals surface area contributed by atoms with Gasteiger partial charge in [0.2, 0.25) is 5.91 Å². The topological polar surface area (TPSA) is 20.3 Å². The van der Waals surface area contributed by atoms with E-state index in [1.54, 1.807) is 0 Å². The molecule has 16 heavy (non-hydrogen) atoms. The summed E-state index contributed by atoms with van der Waals surface area (Å²) in [5.74, 6) is 0.730. The molecule has 3 rings (SSSR count). The standard InChI is InChI=1S/C14H17NO/c16-14-12-7-4-8-13(9-12)15(14)10-11-5-2-1-3-6-11/h1-3,5-6,12-13H,4,7-10H2. The molecule has 2 bridgehead atoms. The fraction of sp³-hybridized carbons (Fsp3) is 0.500. The van der Waals surface area contributed by atoms with Crippen LogP contribution in [-0.4, -0.2) is 16.8 Å². The van der Waals surface area contributed by atoms with Gasteiger partial charge < -0.3 is 4.90 Å². The lowest BCUT2D eigenvalue weighted by Crippen LogP contribution is -2.32. The molecule has 0 aromatic heterocycles. The van der Waals surface area contributed by atoms with Gasteiger partial charge in [-0.05, 0) is 24.8 Å². The average molecular weight is 215 g/mol. The average Bonchev–Trinajstić information content (AvgIpc) is 2.55. The predicted molar refractivity (Wildman–Crippen MR) is 62.7 cm³/mol. The smallest absolute Gasteiger partial charge is 0.226 e. The maximum Gasteiger partial charge on any atom is 0.226 e. The molecule has 2 aliphatic rings. The van der Waals surface area contributed by atoms with Crippen molar-refractivity contribution in [2.45, 2.75) is 38.3 Å². The third kappa shape index (κ3) is 1.62. The van der Waals surface area contributed by atoms with Crippen LogP contribution in [0, 0.1) is 5.92 Å². The summed E-state index contributed by atoms with van der Waals surface area (Å²) in [5.41, 5.74) is 1.25. The molecule has 1 amide bonds. The van der Waals surface area contributed by atoms with Crippen LogP contribution in [0.4, 0.5) is 0 Å². The molecule has 1 saturated carbocycles. The summed E-state index contributed by atoms with van der Waals surface area (Å²) < 4.78 is 0. The van der Waals surface area contributed by atoms with Gasteiger partial charge in [-0.3, -0.25) is 4.79 Å². The zero-order valence-corrected chi connectivity index (χ0v) is 9.43. The van der Waals surface area contributed by atoms with Crippen LogP contribution in [0.25, 0.3) is 0 Å². The van der Waals surface area contributed by atoms with Crippen molar-refractivity contribution in [3.63, 3.8) is 0 Å². The Morgan fingerprint density at radius 3 is 2.75 bits per heavy atom. The Bertz CT molecular complexity index is 387.